The summed E-state index contributed by atoms with van der Waals surface area (Å²) in [7, 11) is 0. The first-order valence-electron chi connectivity index (χ1n) is 10.5. The highest BCUT2D eigenvalue weighted by molar-refractivity contribution is 7.18. The summed E-state index contributed by atoms with van der Waals surface area (Å²) in [6.45, 7) is 0.479. The lowest BCUT2D eigenvalue weighted by Crippen LogP contribution is -2.21. The zero-order valence-corrected chi connectivity index (χ0v) is 18.1. The summed E-state index contributed by atoms with van der Waals surface area (Å²) >= 11 is 0.593. The molecule has 5 rings (SSSR count). The van der Waals surface area contributed by atoms with E-state index < -0.39 is 22.9 Å². The zero-order chi connectivity index (χ0) is 23.2. The van der Waals surface area contributed by atoms with Crippen LogP contribution in [-0.2, 0) is 17.5 Å². The first-order chi connectivity index (χ1) is 15.8. The lowest BCUT2D eigenvalue weighted by atomic mass is 9.81. The van der Waals surface area contributed by atoms with Crippen LogP contribution in [-0.4, -0.2) is 27.8 Å². The summed E-state index contributed by atoms with van der Waals surface area (Å²) in [6, 6.07) is 6.53. The fourth-order valence-corrected chi connectivity index (χ4v) is 5.14. The number of fused-ring (bicyclic) bond motifs is 2. The van der Waals surface area contributed by atoms with Crippen LogP contribution in [0.5, 0.6) is 11.5 Å². The molecule has 2 aromatic heterocycles. The highest BCUT2D eigenvalue weighted by atomic mass is 32.1. The summed E-state index contributed by atoms with van der Waals surface area (Å²) in [5.41, 5.74) is 0.862. The van der Waals surface area contributed by atoms with Crippen molar-refractivity contribution in [2.75, 3.05) is 12.1 Å². The highest BCUT2D eigenvalue weighted by Gasteiger charge is 2.34. The molecule has 3 aromatic rings. The van der Waals surface area contributed by atoms with Gasteiger partial charge in [-0.3, -0.25) is 4.79 Å². The van der Waals surface area contributed by atoms with E-state index in [9.17, 15) is 23.1 Å². The Morgan fingerprint density at radius 1 is 1.12 bits per heavy atom. The Kier molecular flexibility index (Phi) is 5.51. The largest absolute Gasteiger partial charge is 0.481 e. The molecule has 0 bridgehead atoms. The quantitative estimate of drug-likeness (QED) is 0.505. The number of halogens is 3. The molecule has 174 valence electrons. The molecule has 0 saturated heterocycles. The van der Waals surface area contributed by atoms with Gasteiger partial charge in [0.15, 0.2) is 11.5 Å². The Bertz CT molecular complexity index is 1210. The second-order valence-electron chi connectivity index (χ2n) is 8.19. The molecule has 0 spiro atoms. The number of rotatable bonds is 5. The second-order valence-corrected chi connectivity index (χ2v) is 9.22. The molecule has 0 radical (unpaired) electrons. The lowest BCUT2D eigenvalue weighted by Gasteiger charge is -2.25. The number of nitrogens with zero attached hydrogens (tertiary/aromatic N) is 2. The van der Waals surface area contributed by atoms with E-state index in [-0.39, 0.29) is 17.5 Å². The molecule has 1 saturated carbocycles. The fourth-order valence-electron chi connectivity index (χ4n) is 4.23. The summed E-state index contributed by atoms with van der Waals surface area (Å²) < 4.78 is 50.8. The maximum atomic E-state index is 13.4. The van der Waals surface area contributed by atoms with Crippen molar-refractivity contribution in [1.82, 2.24) is 9.97 Å². The van der Waals surface area contributed by atoms with Crippen LogP contribution in [0.25, 0.3) is 10.2 Å². The Balaban J connectivity index is 1.45. The maximum Gasteiger partial charge on any atom is 0.425 e. The van der Waals surface area contributed by atoms with Gasteiger partial charge in [-0.15, -0.1) is 11.3 Å². The lowest BCUT2D eigenvalue weighted by molar-refractivity contribution is -0.143. The van der Waals surface area contributed by atoms with Gasteiger partial charge in [-0.25, -0.2) is 9.97 Å². The number of benzene rings is 1. The number of aromatic nitrogens is 2. The van der Waals surface area contributed by atoms with E-state index in [4.69, 9.17) is 9.47 Å². The van der Waals surface area contributed by atoms with E-state index >= 15 is 0 Å². The Hall–Kier alpha value is -3.08. The predicted molar refractivity (Wildman–Crippen MR) is 115 cm³/mol. The van der Waals surface area contributed by atoms with Crippen molar-refractivity contribution in [2.24, 2.45) is 5.92 Å². The monoisotopic (exact) mass is 479 g/mol. The number of alkyl halides is 3. The van der Waals surface area contributed by atoms with Crippen LogP contribution in [0.15, 0.2) is 24.3 Å². The van der Waals surface area contributed by atoms with Gasteiger partial charge in [0, 0.05) is 12.5 Å². The number of anilines is 1. The van der Waals surface area contributed by atoms with Crippen molar-refractivity contribution in [3.8, 4) is 11.5 Å². The smallest absolute Gasteiger partial charge is 0.425 e. The summed E-state index contributed by atoms with van der Waals surface area (Å²) in [5, 5.41) is 12.7. The van der Waals surface area contributed by atoms with Gasteiger partial charge in [0.25, 0.3) is 0 Å². The first kappa shape index (κ1) is 21.7. The molecule has 0 amide bonds. The molecule has 2 N–H and O–H groups in total. The third-order valence-electron chi connectivity index (χ3n) is 6.03. The number of ether oxygens (including phenoxy) is 2. The number of carbonyl (C=O) groups is 1. The van der Waals surface area contributed by atoms with E-state index in [1.807, 2.05) is 12.1 Å². The molecule has 1 aliphatic carbocycles. The third-order valence-corrected chi connectivity index (χ3v) is 7.10. The molecule has 2 aliphatic rings. The standard InChI is InChI=1S/C22H20F3N3O4S/c23-22(24,25)17-8-14-19(26-9-11-1-6-15-16(7-11)32-10-31-15)27-18(28-20(14)33-17)12-2-4-13(5-3-12)21(29)30/h1,6-8,12-13H,2-5,9-10H2,(H,29,30)(H,26,27,28). The van der Waals surface area contributed by atoms with Gasteiger partial charge in [-0.05, 0) is 49.4 Å². The van der Waals surface area contributed by atoms with Gasteiger partial charge in [0.05, 0.1) is 11.3 Å². The second kappa shape index (κ2) is 8.36. The number of thiophene rings is 1. The molecular weight excluding hydrogens is 459 g/mol. The first-order valence-corrected chi connectivity index (χ1v) is 11.3. The molecule has 3 heterocycles. The number of hydrogen-bond acceptors (Lipinski definition) is 7. The Labute approximate surface area is 190 Å². The molecule has 0 atom stereocenters. The number of hydrogen-bond donors (Lipinski definition) is 2. The average Bonchev–Trinajstić information content (AvgIpc) is 3.44. The summed E-state index contributed by atoms with van der Waals surface area (Å²) in [5.74, 6) is 0.751. The Morgan fingerprint density at radius 3 is 2.61 bits per heavy atom. The highest BCUT2D eigenvalue weighted by Crippen LogP contribution is 2.41. The number of aliphatic carboxylic acids is 1. The third kappa shape index (κ3) is 4.41. The van der Waals surface area contributed by atoms with E-state index in [0.29, 0.717) is 72.1 Å². The number of carboxylic acids is 1. The molecule has 0 unspecified atom stereocenters. The van der Waals surface area contributed by atoms with E-state index in [0.717, 1.165) is 11.6 Å². The van der Waals surface area contributed by atoms with Crippen molar-refractivity contribution >= 4 is 33.3 Å². The minimum absolute atomic E-state index is 0.0902. The van der Waals surface area contributed by atoms with Crippen LogP contribution in [0.3, 0.4) is 0 Å². The molecule has 11 heteroatoms. The summed E-state index contributed by atoms with van der Waals surface area (Å²) in [4.78, 5) is 19.8. The van der Waals surface area contributed by atoms with Crippen molar-refractivity contribution in [3.63, 3.8) is 0 Å². The van der Waals surface area contributed by atoms with Gasteiger partial charge in [0.1, 0.15) is 21.3 Å². The zero-order valence-electron chi connectivity index (χ0n) is 17.3. The van der Waals surface area contributed by atoms with Crippen LogP contribution in [0.1, 0.15) is 47.9 Å². The van der Waals surface area contributed by atoms with E-state index in [2.05, 4.69) is 15.3 Å². The minimum atomic E-state index is -4.47. The summed E-state index contributed by atoms with van der Waals surface area (Å²) in [6.07, 6.45) is -2.30. The van der Waals surface area contributed by atoms with Crippen molar-refractivity contribution in [3.05, 3.63) is 40.5 Å². The van der Waals surface area contributed by atoms with Crippen molar-refractivity contribution in [2.45, 2.75) is 44.3 Å². The van der Waals surface area contributed by atoms with Crippen molar-refractivity contribution < 1.29 is 32.5 Å². The van der Waals surface area contributed by atoms with Crippen LogP contribution >= 0.6 is 11.3 Å². The molecule has 1 fully saturated rings. The van der Waals surface area contributed by atoms with Gasteiger partial charge in [-0.1, -0.05) is 6.07 Å². The average molecular weight is 479 g/mol. The van der Waals surface area contributed by atoms with Gasteiger partial charge in [0.2, 0.25) is 6.79 Å². The SMILES string of the molecule is O=C(O)C1CCC(c2nc(NCc3ccc4c(c3)OCO4)c3cc(C(F)(F)F)sc3n2)CC1. The number of carboxylic acid groups (broad SMARTS) is 1. The Morgan fingerprint density at radius 2 is 1.88 bits per heavy atom. The van der Waals surface area contributed by atoms with Gasteiger partial charge < -0.3 is 19.9 Å². The molecular formula is C22H20F3N3O4S. The van der Waals surface area contributed by atoms with Crippen molar-refractivity contribution in [1.29, 1.82) is 0 Å². The predicted octanol–water partition coefficient (Wildman–Crippen LogP) is 5.41. The normalized spacial score (nSPS) is 20.2. The van der Waals surface area contributed by atoms with Crippen LogP contribution in [0.2, 0.25) is 0 Å². The molecule has 1 aliphatic heterocycles. The fraction of sp³-hybridized carbons (Fsp3) is 0.409. The minimum Gasteiger partial charge on any atom is -0.481 e. The van der Waals surface area contributed by atoms with E-state index in [1.165, 1.54) is 0 Å². The van der Waals surface area contributed by atoms with Crippen LogP contribution in [0.4, 0.5) is 19.0 Å². The van der Waals surface area contributed by atoms with E-state index in [1.54, 1.807) is 6.07 Å². The topological polar surface area (TPSA) is 93.6 Å². The maximum absolute atomic E-state index is 13.4. The van der Waals surface area contributed by atoms with Gasteiger partial charge >= 0.3 is 12.1 Å². The molecule has 33 heavy (non-hydrogen) atoms. The van der Waals surface area contributed by atoms with Crippen LogP contribution in [0, 0.1) is 5.92 Å². The van der Waals surface area contributed by atoms with Crippen LogP contribution < -0.4 is 14.8 Å². The molecule has 7 nitrogen and oxygen atoms in total. The molecule has 1 aromatic carbocycles. The van der Waals surface area contributed by atoms with Gasteiger partial charge in [-0.2, -0.15) is 13.2 Å². The number of nitrogens with one attached hydrogen (secondary N) is 1.